The number of phenolic OH excluding ortho intramolecular Hbond substituents is 2. The molecule has 0 bridgehead atoms. The van der Waals surface area contributed by atoms with Crippen molar-refractivity contribution in [3.8, 4) is 11.5 Å². The van der Waals surface area contributed by atoms with Gasteiger partial charge in [0.15, 0.2) is 0 Å². The van der Waals surface area contributed by atoms with E-state index in [1.807, 2.05) is 0 Å². The van der Waals surface area contributed by atoms with Crippen LogP contribution in [-0.4, -0.2) is 10.2 Å². The summed E-state index contributed by atoms with van der Waals surface area (Å²) in [6, 6.07) is 3.36. The first-order valence-electron chi connectivity index (χ1n) is 16.2. The molecular formula is C34H62O2. The largest absolute Gasteiger partial charge is 0.508 e. The summed E-state index contributed by atoms with van der Waals surface area (Å²) in [5, 5.41) is 20.9. The van der Waals surface area contributed by atoms with Gasteiger partial charge in [-0.05, 0) is 37.8 Å². The molecule has 0 aliphatic heterocycles. The van der Waals surface area contributed by atoms with Gasteiger partial charge in [0.05, 0.1) is 0 Å². The highest BCUT2D eigenvalue weighted by molar-refractivity contribution is 5.47. The second-order valence-corrected chi connectivity index (χ2v) is 11.3. The molecule has 2 nitrogen and oxygen atoms in total. The van der Waals surface area contributed by atoms with Crippen molar-refractivity contribution in [3.05, 3.63) is 23.3 Å². The monoisotopic (exact) mass is 502 g/mol. The number of phenols is 2. The van der Waals surface area contributed by atoms with Gasteiger partial charge in [-0.2, -0.15) is 0 Å². The SMILES string of the molecule is CCCCCCCCCCCCCCc1c(O)ccc(O)c1CCCCCCCCCCCCCC. The molecule has 0 radical (unpaired) electrons. The van der Waals surface area contributed by atoms with Crippen molar-refractivity contribution in [2.75, 3.05) is 0 Å². The van der Waals surface area contributed by atoms with Gasteiger partial charge in [-0.25, -0.2) is 0 Å². The predicted molar refractivity (Wildman–Crippen MR) is 159 cm³/mol. The maximum atomic E-state index is 10.5. The maximum Gasteiger partial charge on any atom is 0.119 e. The minimum Gasteiger partial charge on any atom is -0.508 e. The van der Waals surface area contributed by atoms with Crippen molar-refractivity contribution in [2.24, 2.45) is 0 Å². The summed E-state index contributed by atoms with van der Waals surface area (Å²) in [4.78, 5) is 0. The third kappa shape index (κ3) is 17.3. The van der Waals surface area contributed by atoms with Gasteiger partial charge in [-0.3, -0.25) is 0 Å². The van der Waals surface area contributed by atoms with Crippen LogP contribution in [0.3, 0.4) is 0 Å². The van der Waals surface area contributed by atoms with Crippen molar-refractivity contribution in [1.29, 1.82) is 0 Å². The van der Waals surface area contributed by atoms with Crippen LogP contribution < -0.4 is 0 Å². The Hall–Kier alpha value is -1.18. The molecule has 2 N–H and O–H groups in total. The van der Waals surface area contributed by atoms with Gasteiger partial charge in [0.2, 0.25) is 0 Å². The highest BCUT2D eigenvalue weighted by Gasteiger charge is 2.12. The Morgan fingerprint density at radius 3 is 0.833 bits per heavy atom. The minimum absolute atomic E-state index is 0.379. The third-order valence-corrected chi connectivity index (χ3v) is 7.94. The lowest BCUT2D eigenvalue weighted by molar-refractivity contribution is 0.444. The molecular weight excluding hydrogens is 440 g/mol. The van der Waals surface area contributed by atoms with E-state index >= 15 is 0 Å². The van der Waals surface area contributed by atoms with E-state index < -0.39 is 0 Å². The van der Waals surface area contributed by atoms with Crippen molar-refractivity contribution in [2.45, 2.75) is 181 Å². The first kappa shape index (κ1) is 32.8. The molecule has 0 amide bonds. The summed E-state index contributed by atoms with van der Waals surface area (Å²) >= 11 is 0. The molecule has 1 rings (SSSR count). The zero-order chi connectivity index (χ0) is 26.1. The Kier molecular flexibility index (Phi) is 22.1. The van der Waals surface area contributed by atoms with Gasteiger partial charge in [0, 0.05) is 11.1 Å². The number of unbranched alkanes of at least 4 members (excludes halogenated alkanes) is 22. The van der Waals surface area contributed by atoms with Crippen LogP contribution >= 0.6 is 0 Å². The summed E-state index contributed by atoms with van der Waals surface area (Å²) in [6.07, 6.45) is 34.0. The molecule has 0 spiro atoms. The lowest BCUT2D eigenvalue weighted by atomic mass is 9.94. The number of aromatic hydroxyl groups is 2. The quantitative estimate of drug-likeness (QED) is 0.0976. The predicted octanol–water partition coefficient (Wildman–Crippen LogP) is 11.6. The molecule has 0 heterocycles. The second-order valence-electron chi connectivity index (χ2n) is 11.3. The molecule has 2 heteroatoms. The molecule has 1 aromatic rings. The fraction of sp³-hybridized carbons (Fsp3) is 0.824. The molecule has 0 saturated heterocycles. The molecule has 0 aliphatic rings. The van der Waals surface area contributed by atoms with E-state index in [1.165, 1.54) is 141 Å². The van der Waals surface area contributed by atoms with Crippen LogP contribution in [0.5, 0.6) is 11.5 Å². The van der Waals surface area contributed by atoms with Gasteiger partial charge in [0.25, 0.3) is 0 Å². The van der Waals surface area contributed by atoms with Crippen molar-refractivity contribution >= 4 is 0 Å². The van der Waals surface area contributed by atoms with E-state index in [-0.39, 0.29) is 0 Å². The summed E-state index contributed by atoms with van der Waals surface area (Å²) in [5.74, 6) is 0.759. The standard InChI is InChI=1S/C34H62O2/c1-3-5-7-9-11-13-15-17-19-21-23-25-27-31-32(34(36)30-29-33(31)35)28-26-24-22-20-18-16-14-12-10-8-6-4-2/h29-30,35-36H,3-28H2,1-2H3. The number of hydrogen-bond acceptors (Lipinski definition) is 2. The van der Waals surface area contributed by atoms with Crippen LogP contribution in [0.25, 0.3) is 0 Å². The molecule has 210 valence electrons. The van der Waals surface area contributed by atoms with Crippen LogP contribution in [0.15, 0.2) is 12.1 Å². The van der Waals surface area contributed by atoms with E-state index in [2.05, 4.69) is 13.8 Å². The van der Waals surface area contributed by atoms with Crippen LogP contribution in [0, 0.1) is 0 Å². The molecule has 36 heavy (non-hydrogen) atoms. The Morgan fingerprint density at radius 1 is 0.361 bits per heavy atom. The lowest BCUT2D eigenvalue weighted by Gasteiger charge is -2.14. The molecule has 0 atom stereocenters. The van der Waals surface area contributed by atoms with Crippen LogP contribution in [0.1, 0.15) is 179 Å². The maximum absolute atomic E-state index is 10.5. The molecule has 0 saturated carbocycles. The van der Waals surface area contributed by atoms with Crippen LogP contribution in [-0.2, 0) is 12.8 Å². The van der Waals surface area contributed by atoms with Gasteiger partial charge in [0.1, 0.15) is 11.5 Å². The Balaban J connectivity index is 2.13. The zero-order valence-electron chi connectivity index (χ0n) is 24.4. The summed E-state index contributed by atoms with van der Waals surface area (Å²) in [5.41, 5.74) is 2.01. The summed E-state index contributed by atoms with van der Waals surface area (Å²) in [6.45, 7) is 4.56. The fourth-order valence-electron chi connectivity index (χ4n) is 5.51. The van der Waals surface area contributed by atoms with Crippen molar-refractivity contribution < 1.29 is 10.2 Å². The van der Waals surface area contributed by atoms with Gasteiger partial charge >= 0.3 is 0 Å². The third-order valence-electron chi connectivity index (χ3n) is 7.94. The zero-order valence-corrected chi connectivity index (χ0v) is 24.4. The topological polar surface area (TPSA) is 40.5 Å². The average Bonchev–Trinajstić information content (AvgIpc) is 2.88. The van der Waals surface area contributed by atoms with E-state index in [0.717, 1.165) is 36.8 Å². The highest BCUT2D eigenvalue weighted by Crippen LogP contribution is 2.32. The molecule has 0 aromatic heterocycles. The van der Waals surface area contributed by atoms with Gasteiger partial charge < -0.3 is 10.2 Å². The lowest BCUT2D eigenvalue weighted by Crippen LogP contribution is -1.97. The number of benzene rings is 1. The molecule has 0 aliphatic carbocycles. The van der Waals surface area contributed by atoms with E-state index in [0.29, 0.717) is 11.5 Å². The number of rotatable bonds is 26. The fourth-order valence-corrected chi connectivity index (χ4v) is 5.51. The Morgan fingerprint density at radius 2 is 0.583 bits per heavy atom. The van der Waals surface area contributed by atoms with Gasteiger partial charge in [-0.1, -0.05) is 155 Å². The number of hydrogen-bond donors (Lipinski definition) is 2. The first-order valence-corrected chi connectivity index (χ1v) is 16.2. The summed E-state index contributed by atoms with van der Waals surface area (Å²) in [7, 11) is 0. The van der Waals surface area contributed by atoms with Crippen LogP contribution in [0.2, 0.25) is 0 Å². The van der Waals surface area contributed by atoms with E-state index in [9.17, 15) is 10.2 Å². The second kappa shape index (κ2) is 24.2. The normalized spacial score (nSPS) is 11.4. The van der Waals surface area contributed by atoms with Crippen molar-refractivity contribution in [3.63, 3.8) is 0 Å². The molecule has 0 unspecified atom stereocenters. The Bertz CT molecular complexity index is 556. The molecule has 1 aromatic carbocycles. The Labute approximate surface area is 225 Å². The minimum atomic E-state index is 0.379. The smallest absolute Gasteiger partial charge is 0.119 e. The average molecular weight is 503 g/mol. The van der Waals surface area contributed by atoms with E-state index in [4.69, 9.17) is 0 Å². The van der Waals surface area contributed by atoms with Crippen molar-refractivity contribution in [1.82, 2.24) is 0 Å². The highest BCUT2D eigenvalue weighted by atomic mass is 16.3. The van der Waals surface area contributed by atoms with Gasteiger partial charge in [-0.15, -0.1) is 0 Å². The summed E-state index contributed by atoms with van der Waals surface area (Å²) < 4.78 is 0. The van der Waals surface area contributed by atoms with E-state index in [1.54, 1.807) is 12.1 Å². The van der Waals surface area contributed by atoms with Crippen LogP contribution in [0.4, 0.5) is 0 Å². The first-order chi connectivity index (χ1) is 17.7. The molecule has 0 fully saturated rings.